The number of nitriles is 1. The van der Waals surface area contributed by atoms with Crippen LogP contribution >= 0.6 is 0 Å². The van der Waals surface area contributed by atoms with Crippen LogP contribution in [-0.4, -0.2) is 6.21 Å². The summed E-state index contributed by atoms with van der Waals surface area (Å²) in [6.07, 6.45) is 12.0. The van der Waals surface area contributed by atoms with Gasteiger partial charge in [-0.2, -0.15) is 5.26 Å². The molecule has 13 heavy (non-hydrogen) atoms. The monoisotopic (exact) mass is 168 g/mol. The van der Waals surface area contributed by atoms with Crippen LogP contribution in [0.15, 0.2) is 52.2 Å². The van der Waals surface area contributed by atoms with E-state index in [2.05, 4.69) is 11.1 Å². The zero-order valence-electron chi connectivity index (χ0n) is 7.07. The molecule has 0 fully saturated rings. The fourth-order valence-electron chi connectivity index (χ4n) is 1.35. The number of hydrogen-bond acceptors (Lipinski definition) is 2. The number of rotatable bonds is 0. The van der Waals surface area contributed by atoms with Gasteiger partial charge in [-0.25, -0.2) is 0 Å². The minimum atomic E-state index is 0.698. The smallest absolute Gasteiger partial charge is 0.0950 e. The van der Waals surface area contributed by atoms with E-state index in [1.165, 1.54) is 0 Å². The van der Waals surface area contributed by atoms with Gasteiger partial charge in [0.15, 0.2) is 0 Å². The summed E-state index contributed by atoms with van der Waals surface area (Å²) in [5.74, 6) is 0. The van der Waals surface area contributed by atoms with Crippen molar-refractivity contribution in [1.29, 1.82) is 5.26 Å². The van der Waals surface area contributed by atoms with Crippen molar-refractivity contribution < 1.29 is 0 Å². The van der Waals surface area contributed by atoms with Crippen molar-refractivity contribution in [3.8, 4) is 6.07 Å². The van der Waals surface area contributed by atoms with Crippen molar-refractivity contribution in [3.63, 3.8) is 0 Å². The Morgan fingerprint density at radius 2 is 2.31 bits per heavy atom. The third-order valence-electron chi connectivity index (χ3n) is 2.04. The molecule has 0 saturated heterocycles. The number of aliphatic imine (C=N–C) groups is 1. The Labute approximate surface area is 76.9 Å². The van der Waals surface area contributed by atoms with Crippen LogP contribution in [0, 0.1) is 11.3 Å². The molecule has 0 aromatic carbocycles. The van der Waals surface area contributed by atoms with Gasteiger partial charge < -0.3 is 0 Å². The molecule has 0 saturated carbocycles. The highest BCUT2D eigenvalue weighted by Crippen LogP contribution is 2.25. The fourth-order valence-corrected chi connectivity index (χ4v) is 1.35. The lowest BCUT2D eigenvalue weighted by molar-refractivity contribution is 1.14. The van der Waals surface area contributed by atoms with Crippen LogP contribution in [0.3, 0.4) is 0 Å². The van der Waals surface area contributed by atoms with Crippen LogP contribution in [0.25, 0.3) is 0 Å². The van der Waals surface area contributed by atoms with Gasteiger partial charge in [0.25, 0.3) is 0 Å². The normalized spacial score (nSPS) is 19.2. The molecule has 0 spiro atoms. The molecule has 2 aliphatic rings. The van der Waals surface area contributed by atoms with E-state index < -0.39 is 0 Å². The van der Waals surface area contributed by atoms with E-state index >= 15 is 0 Å². The lowest BCUT2D eigenvalue weighted by Gasteiger charge is -2.09. The second-order valence-corrected chi connectivity index (χ2v) is 2.91. The lowest BCUT2D eigenvalue weighted by atomic mass is 9.94. The lowest BCUT2D eigenvalue weighted by Crippen LogP contribution is -1.94. The molecule has 0 aromatic rings. The highest BCUT2D eigenvalue weighted by Gasteiger charge is 2.10. The zero-order valence-corrected chi connectivity index (χ0v) is 7.07. The van der Waals surface area contributed by atoms with Gasteiger partial charge in [-0.3, -0.25) is 4.99 Å². The molecule has 0 radical (unpaired) electrons. The Balaban J connectivity index is 2.42. The zero-order chi connectivity index (χ0) is 9.10. The molecule has 62 valence electrons. The number of allylic oxidation sites excluding steroid dienone is 7. The molecule has 1 heterocycles. The van der Waals surface area contributed by atoms with Gasteiger partial charge in [0.05, 0.1) is 6.07 Å². The predicted octanol–water partition coefficient (Wildman–Crippen LogP) is 2.29. The van der Waals surface area contributed by atoms with E-state index in [4.69, 9.17) is 5.26 Å². The molecule has 2 nitrogen and oxygen atoms in total. The van der Waals surface area contributed by atoms with E-state index in [-0.39, 0.29) is 0 Å². The van der Waals surface area contributed by atoms with Crippen molar-refractivity contribution in [2.45, 2.75) is 6.42 Å². The van der Waals surface area contributed by atoms with Gasteiger partial charge in [-0.05, 0) is 23.3 Å². The van der Waals surface area contributed by atoms with E-state index in [1.807, 2.05) is 30.5 Å². The maximum Gasteiger partial charge on any atom is 0.0950 e. The second kappa shape index (κ2) is 3.24. The topological polar surface area (TPSA) is 36.1 Å². The summed E-state index contributed by atoms with van der Waals surface area (Å²) in [7, 11) is 0. The number of fused-ring (bicyclic) bond motifs is 1. The summed E-state index contributed by atoms with van der Waals surface area (Å²) >= 11 is 0. The average Bonchev–Trinajstić information content (AvgIpc) is 2.41. The number of nitrogens with zero attached hydrogens (tertiary/aromatic N) is 2. The number of hydrogen-bond donors (Lipinski definition) is 0. The molecule has 0 bridgehead atoms. The summed E-state index contributed by atoms with van der Waals surface area (Å²) in [6.45, 7) is 0. The summed E-state index contributed by atoms with van der Waals surface area (Å²) in [5.41, 5.74) is 3.06. The molecule has 0 unspecified atom stereocenters. The van der Waals surface area contributed by atoms with Crippen molar-refractivity contribution in [2.75, 3.05) is 0 Å². The molecule has 1 aliphatic carbocycles. The van der Waals surface area contributed by atoms with Crippen molar-refractivity contribution in [1.82, 2.24) is 0 Å². The molecule has 0 N–H and O–H groups in total. The van der Waals surface area contributed by atoms with Crippen molar-refractivity contribution in [2.24, 2.45) is 4.99 Å². The summed E-state index contributed by atoms with van der Waals surface area (Å²) in [4.78, 5) is 4.07. The van der Waals surface area contributed by atoms with Crippen LogP contribution in [-0.2, 0) is 0 Å². The Kier molecular flexibility index (Phi) is 1.93. The van der Waals surface area contributed by atoms with Crippen LogP contribution in [0.1, 0.15) is 6.42 Å². The van der Waals surface area contributed by atoms with Gasteiger partial charge in [0.1, 0.15) is 0 Å². The van der Waals surface area contributed by atoms with Gasteiger partial charge in [0, 0.05) is 24.4 Å². The first-order chi connectivity index (χ1) is 6.40. The van der Waals surface area contributed by atoms with Gasteiger partial charge >= 0.3 is 0 Å². The van der Waals surface area contributed by atoms with Crippen LogP contribution < -0.4 is 0 Å². The first kappa shape index (κ1) is 7.75. The maximum absolute atomic E-state index is 8.72. The average molecular weight is 168 g/mol. The molecule has 1 aliphatic heterocycles. The maximum atomic E-state index is 8.72. The molecular formula is C11H8N2. The van der Waals surface area contributed by atoms with Crippen LogP contribution in [0.4, 0.5) is 0 Å². The predicted molar refractivity (Wildman–Crippen MR) is 52.1 cm³/mol. The molecule has 2 heteroatoms. The molecule has 0 atom stereocenters. The largest absolute Gasteiger partial charge is 0.264 e. The van der Waals surface area contributed by atoms with Crippen LogP contribution in [0.2, 0.25) is 0 Å². The first-order valence-corrected chi connectivity index (χ1v) is 4.10. The van der Waals surface area contributed by atoms with E-state index in [0.29, 0.717) is 6.42 Å². The second-order valence-electron chi connectivity index (χ2n) is 2.91. The Bertz CT molecular complexity index is 412. The van der Waals surface area contributed by atoms with Crippen LogP contribution in [0.5, 0.6) is 0 Å². The van der Waals surface area contributed by atoms with Crippen molar-refractivity contribution in [3.05, 3.63) is 47.2 Å². The minimum Gasteiger partial charge on any atom is -0.264 e. The standard InChI is InChI=1S/C11H8N2/c12-7-9-3-4-10-2-1-5-13-8-11(10)6-9/h1-5,8H,6H2. The third kappa shape index (κ3) is 1.50. The van der Waals surface area contributed by atoms with Gasteiger partial charge in [-0.15, -0.1) is 0 Å². The summed E-state index contributed by atoms with van der Waals surface area (Å²) < 4.78 is 0. The highest BCUT2D eigenvalue weighted by atomic mass is 14.7. The van der Waals surface area contributed by atoms with Gasteiger partial charge in [-0.1, -0.05) is 12.2 Å². The van der Waals surface area contributed by atoms with E-state index in [1.54, 1.807) is 6.21 Å². The molecule has 0 aromatic heterocycles. The van der Waals surface area contributed by atoms with E-state index in [9.17, 15) is 0 Å². The van der Waals surface area contributed by atoms with E-state index in [0.717, 1.165) is 16.7 Å². The first-order valence-electron chi connectivity index (χ1n) is 4.10. The molecular weight excluding hydrogens is 160 g/mol. The Hall–Kier alpha value is -1.88. The fraction of sp³-hybridized carbons (Fsp3) is 0.0909. The van der Waals surface area contributed by atoms with Crippen molar-refractivity contribution >= 4 is 6.21 Å². The summed E-state index contributed by atoms with van der Waals surface area (Å²) in [6, 6.07) is 2.16. The SMILES string of the molecule is N#CC1=CC=C2C=CC=NC=C2C1. The highest BCUT2D eigenvalue weighted by molar-refractivity contribution is 5.75. The Morgan fingerprint density at radius 1 is 1.38 bits per heavy atom. The molecule has 2 rings (SSSR count). The van der Waals surface area contributed by atoms with Gasteiger partial charge in [0.2, 0.25) is 0 Å². The Morgan fingerprint density at radius 3 is 3.15 bits per heavy atom. The minimum absolute atomic E-state index is 0.698. The molecule has 0 amide bonds. The summed E-state index contributed by atoms with van der Waals surface area (Å²) in [5, 5.41) is 8.72. The quantitative estimate of drug-likeness (QED) is 0.546. The third-order valence-corrected chi connectivity index (χ3v) is 2.04.